The Hall–Kier alpha value is -2.33. The summed E-state index contributed by atoms with van der Waals surface area (Å²) in [6, 6.07) is 12.1. The number of anilines is 1. The SMILES string of the molecule is CC(=O)c1ccc(NC(=O)[C@H]2Cc3cc(Cl)ccc3O2)cc1. The fourth-order valence-electron chi connectivity index (χ4n) is 2.37. The number of nitrogens with one attached hydrogen (secondary N) is 1. The van der Waals surface area contributed by atoms with Crippen molar-refractivity contribution in [2.45, 2.75) is 19.4 Å². The highest BCUT2D eigenvalue weighted by Gasteiger charge is 2.29. The number of amides is 1. The number of hydrogen-bond acceptors (Lipinski definition) is 3. The summed E-state index contributed by atoms with van der Waals surface area (Å²) in [6.07, 6.45) is -0.0753. The Morgan fingerprint density at radius 1 is 1.18 bits per heavy atom. The van der Waals surface area contributed by atoms with Gasteiger partial charge in [0.15, 0.2) is 11.9 Å². The lowest BCUT2D eigenvalue weighted by Gasteiger charge is -2.11. The molecule has 0 saturated carbocycles. The second-order valence-electron chi connectivity index (χ2n) is 5.19. The summed E-state index contributed by atoms with van der Waals surface area (Å²) in [6.45, 7) is 1.50. The molecule has 0 fully saturated rings. The molecular weight excluding hydrogens is 302 g/mol. The summed E-state index contributed by atoms with van der Waals surface area (Å²) in [5.41, 5.74) is 2.17. The van der Waals surface area contributed by atoms with Crippen LogP contribution in [0.25, 0.3) is 0 Å². The number of carbonyl (C=O) groups is 2. The molecule has 1 heterocycles. The van der Waals surface area contributed by atoms with Gasteiger partial charge in [0.2, 0.25) is 0 Å². The van der Waals surface area contributed by atoms with E-state index in [-0.39, 0.29) is 11.7 Å². The van der Waals surface area contributed by atoms with E-state index in [1.165, 1.54) is 6.92 Å². The predicted octanol–water partition coefficient (Wildman–Crippen LogP) is 3.48. The number of hydrogen-bond donors (Lipinski definition) is 1. The van der Waals surface area contributed by atoms with E-state index < -0.39 is 6.10 Å². The topological polar surface area (TPSA) is 55.4 Å². The van der Waals surface area contributed by atoms with Crippen molar-refractivity contribution in [3.05, 3.63) is 58.6 Å². The maximum absolute atomic E-state index is 12.3. The highest BCUT2D eigenvalue weighted by Crippen LogP contribution is 2.31. The van der Waals surface area contributed by atoms with Crippen LogP contribution in [-0.2, 0) is 11.2 Å². The van der Waals surface area contributed by atoms with Crippen LogP contribution >= 0.6 is 11.6 Å². The van der Waals surface area contributed by atoms with Gasteiger partial charge in [0.05, 0.1) is 0 Å². The maximum atomic E-state index is 12.3. The van der Waals surface area contributed by atoms with Gasteiger partial charge in [0.25, 0.3) is 5.91 Å². The van der Waals surface area contributed by atoms with Gasteiger partial charge in [0, 0.05) is 22.7 Å². The zero-order valence-electron chi connectivity index (χ0n) is 11.9. The Labute approximate surface area is 133 Å². The third-order valence-corrected chi connectivity index (χ3v) is 3.78. The minimum atomic E-state index is -0.569. The Kier molecular flexibility index (Phi) is 3.86. The number of ketones is 1. The van der Waals surface area contributed by atoms with Crippen molar-refractivity contribution in [1.29, 1.82) is 0 Å². The van der Waals surface area contributed by atoms with Crippen LogP contribution in [0.3, 0.4) is 0 Å². The van der Waals surface area contributed by atoms with Crippen LogP contribution in [0.1, 0.15) is 22.8 Å². The number of Topliss-reactive ketones (excluding diaryl/α,β-unsaturated/α-hetero) is 1. The van der Waals surface area contributed by atoms with Gasteiger partial charge < -0.3 is 10.1 Å². The van der Waals surface area contributed by atoms with Gasteiger partial charge in [-0.3, -0.25) is 9.59 Å². The summed E-state index contributed by atoms with van der Waals surface area (Å²) < 4.78 is 5.63. The molecule has 1 aliphatic heterocycles. The van der Waals surface area contributed by atoms with Crippen LogP contribution in [0, 0.1) is 0 Å². The molecule has 2 aromatic carbocycles. The molecule has 0 saturated heterocycles. The first-order valence-corrected chi connectivity index (χ1v) is 7.27. The van der Waals surface area contributed by atoms with Gasteiger partial charge in [-0.1, -0.05) is 11.6 Å². The number of ether oxygens (including phenoxy) is 1. The minimum Gasteiger partial charge on any atom is -0.480 e. The van der Waals surface area contributed by atoms with Gasteiger partial charge in [-0.15, -0.1) is 0 Å². The summed E-state index contributed by atoms with van der Waals surface area (Å²) in [5.74, 6) is 0.462. The fraction of sp³-hybridized carbons (Fsp3) is 0.176. The summed E-state index contributed by atoms with van der Waals surface area (Å²) in [4.78, 5) is 23.5. The van der Waals surface area contributed by atoms with Crippen LogP contribution in [-0.4, -0.2) is 17.8 Å². The van der Waals surface area contributed by atoms with E-state index in [1.807, 2.05) is 6.07 Å². The number of fused-ring (bicyclic) bond motifs is 1. The second kappa shape index (κ2) is 5.81. The molecule has 0 spiro atoms. The third kappa shape index (κ3) is 2.97. The van der Waals surface area contributed by atoms with E-state index in [0.29, 0.717) is 28.4 Å². The summed E-state index contributed by atoms with van der Waals surface area (Å²) in [5, 5.41) is 3.42. The molecule has 2 aromatic rings. The molecule has 0 radical (unpaired) electrons. The molecule has 0 bridgehead atoms. The first-order valence-electron chi connectivity index (χ1n) is 6.90. The smallest absolute Gasteiger partial charge is 0.265 e. The first kappa shape index (κ1) is 14.6. The molecular formula is C17H14ClNO3. The molecule has 112 valence electrons. The Bertz CT molecular complexity index is 740. The molecule has 0 unspecified atom stereocenters. The van der Waals surface area contributed by atoms with Crippen molar-refractivity contribution in [3.8, 4) is 5.75 Å². The largest absolute Gasteiger partial charge is 0.480 e. The predicted molar refractivity (Wildman–Crippen MR) is 84.6 cm³/mol. The molecule has 4 nitrogen and oxygen atoms in total. The Balaban J connectivity index is 1.67. The molecule has 1 aliphatic rings. The van der Waals surface area contributed by atoms with E-state index in [2.05, 4.69) is 5.32 Å². The van der Waals surface area contributed by atoms with Crippen molar-refractivity contribution in [2.24, 2.45) is 0 Å². The number of halogens is 1. The molecule has 1 amide bonds. The van der Waals surface area contributed by atoms with E-state index in [0.717, 1.165) is 5.56 Å². The van der Waals surface area contributed by atoms with Gasteiger partial charge in [-0.2, -0.15) is 0 Å². The summed E-state index contributed by atoms with van der Waals surface area (Å²) >= 11 is 5.94. The van der Waals surface area contributed by atoms with E-state index in [4.69, 9.17) is 16.3 Å². The van der Waals surface area contributed by atoms with Crippen LogP contribution in [0.15, 0.2) is 42.5 Å². The van der Waals surface area contributed by atoms with E-state index in [9.17, 15) is 9.59 Å². The highest BCUT2D eigenvalue weighted by molar-refractivity contribution is 6.30. The molecule has 1 atom stereocenters. The zero-order valence-corrected chi connectivity index (χ0v) is 12.7. The fourth-order valence-corrected chi connectivity index (χ4v) is 2.57. The monoisotopic (exact) mass is 315 g/mol. The van der Waals surface area contributed by atoms with Crippen molar-refractivity contribution < 1.29 is 14.3 Å². The molecule has 5 heteroatoms. The number of benzene rings is 2. The molecule has 0 aliphatic carbocycles. The average molecular weight is 316 g/mol. The molecule has 22 heavy (non-hydrogen) atoms. The van der Waals surface area contributed by atoms with Crippen LogP contribution < -0.4 is 10.1 Å². The molecule has 1 N–H and O–H groups in total. The lowest BCUT2D eigenvalue weighted by atomic mass is 10.1. The van der Waals surface area contributed by atoms with Gasteiger partial charge in [-0.25, -0.2) is 0 Å². The maximum Gasteiger partial charge on any atom is 0.265 e. The zero-order chi connectivity index (χ0) is 15.7. The standard InChI is InChI=1S/C17H14ClNO3/c1-10(20)11-2-5-14(6-3-11)19-17(21)16-9-12-8-13(18)4-7-15(12)22-16/h2-8,16H,9H2,1H3,(H,19,21)/t16-/m1/s1. The Morgan fingerprint density at radius 2 is 1.91 bits per heavy atom. The van der Waals surface area contributed by atoms with Crippen molar-refractivity contribution in [2.75, 3.05) is 5.32 Å². The highest BCUT2D eigenvalue weighted by atomic mass is 35.5. The minimum absolute atomic E-state index is 0.00988. The van der Waals surface area contributed by atoms with Crippen LogP contribution in [0.5, 0.6) is 5.75 Å². The quantitative estimate of drug-likeness (QED) is 0.882. The van der Waals surface area contributed by atoms with Crippen LogP contribution in [0.4, 0.5) is 5.69 Å². The average Bonchev–Trinajstić information content (AvgIpc) is 2.91. The van der Waals surface area contributed by atoms with E-state index in [1.54, 1.807) is 36.4 Å². The Morgan fingerprint density at radius 3 is 2.59 bits per heavy atom. The number of rotatable bonds is 3. The lowest BCUT2D eigenvalue weighted by molar-refractivity contribution is -0.122. The lowest BCUT2D eigenvalue weighted by Crippen LogP contribution is -2.31. The van der Waals surface area contributed by atoms with Gasteiger partial charge in [-0.05, 0) is 55.0 Å². The van der Waals surface area contributed by atoms with Gasteiger partial charge >= 0.3 is 0 Å². The van der Waals surface area contributed by atoms with E-state index >= 15 is 0 Å². The van der Waals surface area contributed by atoms with Crippen molar-refractivity contribution in [3.63, 3.8) is 0 Å². The van der Waals surface area contributed by atoms with Crippen molar-refractivity contribution >= 4 is 29.0 Å². The summed E-state index contributed by atoms with van der Waals surface area (Å²) in [7, 11) is 0. The van der Waals surface area contributed by atoms with Crippen molar-refractivity contribution in [1.82, 2.24) is 0 Å². The van der Waals surface area contributed by atoms with Crippen LogP contribution in [0.2, 0.25) is 5.02 Å². The molecule has 0 aromatic heterocycles. The molecule has 3 rings (SSSR count). The normalized spacial score (nSPS) is 15.8. The third-order valence-electron chi connectivity index (χ3n) is 3.55. The van der Waals surface area contributed by atoms with Gasteiger partial charge in [0.1, 0.15) is 5.75 Å². The first-order chi connectivity index (χ1) is 10.5. The number of carbonyl (C=O) groups excluding carboxylic acids is 2. The second-order valence-corrected chi connectivity index (χ2v) is 5.62.